The summed E-state index contributed by atoms with van der Waals surface area (Å²) in [5.74, 6) is -1.21. The molecule has 1 aliphatic rings. The van der Waals surface area contributed by atoms with Crippen LogP contribution in [0, 0.1) is 0 Å². The molecule has 2 rings (SSSR count). The molecule has 8 heteroatoms. The van der Waals surface area contributed by atoms with Crippen molar-refractivity contribution in [1.29, 1.82) is 0 Å². The van der Waals surface area contributed by atoms with Crippen LogP contribution in [-0.4, -0.2) is 72.6 Å². The highest BCUT2D eigenvalue weighted by Crippen LogP contribution is 2.25. The third-order valence-corrected chi connectivity index (χ3v) is 4.42. The summed E-state index contributed by atoms with van der Waals surface area (Å²) in [6, 6.07) is 6.84. The van der Waals surface area contributed by atoms with Crippen molar-refractivity contribution in [2.75, 3.05) is 45.2 Å². The fourth-order valence-corrected chi connectivity index (χ4v) is 2.94. The fourth-order valence-electron chi connectivity index (χ4n) is 2.94. The van der Waals surface area contributed by atoms with Crippen molar-refractivity contribution < 1.29 is 24.2 Å². The number of benzene rings is 1. The average Bonchev–Trinajstić information content (AvgIpc) is 2.98. The van der Waals surface area contributed by atoms with Crippen molar-refractivity contribution in [3.8, 4) is 0 Å². The molecular weight excluding hydrogens is 350 g/mol. The summed E-state index contributed by atoms with van der Waals surface area (Å²) in [6.07, 6.45) is 0. The van der Waals surface area contributed by atoms with Crippen molar-refractivity contribution in [3.05, 3.63) is 41.1 Å². The first kappa shape index (κ1) is 20.4. The van der Waals surface area contributed by atoms with Crippen LogP contribution in [0.15, 0.2) is 35.5 Å². The van der Waals surface area contributed by atoms with Gasteiger partial charge in [0.25, 0.3) is 11.8 Å². The Hall–Kier alpha value is -2.87. The van der Waals surface area contributed by atoms with Crippen LogP contribution in [0.1, 0.15) is 24.2 Å². The lowest BCUT2D eigenvalue weighted by atomic mass is 10.1. The van der Waals surface area contributed by atoms with E-state index in [2.05, 4.69) is 5.32 Å². The van der Waals surface area contributed by atoms with Gasteiger partial charge in [0.1, 0.15) is 5.70 Å². The summed E-state index contributed by atoms with van der Waals surface area (Å²) >= 11 is 0. The van der Waals surface area contributed by atoms with Crippen LogP contribution >= 0.6 is 0 Å². The van der Waals surface area contributed by atoms with E-state index in [1.807, 2.05) is 13.8 Å². The maximum Gasteiger partial charge on any atom is 0.337 e. The van der Waals surface area contributed by atoms with Gasteiger partial charge in [-0.1, -0.05) is 12.1 Å². The second-order valence-electron chi connectivity index (χ2n) is 5.94. The van der Waals surface area contributed by atoms with Gasteiger partial charge in [0.2, 0.25) is 0 Å². The minimum atomic E-state index is -0.626. The lowest BCUT2D eigenvalue weighted by Crippen LogP contribution is -2.32. The number of aliphatic hydroxyl groups excluding tert-OH is 1. The van der Waals surface area contributed by atoms with Crippen LogP contribution in [0.25, 0.3) is 0 Å². The highest BCUT2D eigenvalue weighted by Gasteiger charge is 2.35. The highest BCUT2D eigenvalue weighted by atomic mass is 16.5. The summed E-state index contributed by atoms with van der Waals surface area (Å²) in [4.78, 5) is 40.5. The summed E-state index contributed by atoms with van der Waals surface area (Å²) in [7, 11) is 1.24. The van der Waals surface area contributed by atoms with Gasteiger partial charge in [-0.25, -0.2) is 4.79 Å². The average molecular weight is 375 g/mol. The van der Waals surface area contributed by atoms with Crippen molar-refractivity contribution in [3.63, 3.8) is 0 Å². The SMILES string of the molecule is CCN(CC)C(=O)c1ccccc1NC1=C(C(=O)OC)CN(CCO)C1=O. The molecule has 2 amide bonds. The van der Waals surface area contributed by atoms with E-state index >= 15 is 0 Å². The standard InChI is InChI=1S/C19H25N3O5/c1-4-21(5-2)17(24)13-8-6-7-9-15(13)20-16-14(19(26)27-3)12-22(10-11-23)18(16)25/h6-9,20,23H,4-5,10-12H2,1-3H3. The number of esters is 1. The Morgan fingerprint density at radius 3 is 2.52 bits per heavy atom. The first-order valence-electron chi connectivity index (χ1n) is 8.85. The number of para-hydroxylation sites is 1. The van der Waals surface area contributed by atoms with Gasteiger partial charge in [-0.05, 0) is 26.0 Å². The van der Waals surface area contributed by atoms with Gasteiger partial charge in [-0.15, -0.1) is 0 Å². The number of ether oxygens (including phenoxy) is 1. The molecule has 0 aliphatic carbocycles. The van der Waals surface area contributed by atoms with E-state index < -0.39 is 11.9 Å². The van der Waals surface area contributed by atoms with Gasteiger partial charge in [0.15, 0.2) is 0 Å². The second kappa shape index (κ2) is 9.18. The number of carbonyl (C=O) groups excluding carboxylic acids is 3. The molecular formula is C19H25N3O5. The van der Waals surface area contributed by atoms with Gasteiger partial charge in [-0.3, -0.25) is 9.59 Å². The van der Waals surface area contributed by atoms with Crippen molar-refractivity contribution in [2.45, 2.75) is 13.8 Å². The lowest BCUT2D eigenvalue weighted by Gasteiger charge is -2.21. The number of hydrogen-bond donors (Lipinski definition) is 2. The number of amides is 2. The van der Waals surface area contributed by atoms with E-state index in [0.29, 0.717) is 24.3 Å². The molecule has 0 fully saturated rings. The fraction of sp³-hybridized carbons (Fsp3) is 0.421. The molecule has 27 heavy (non-hydrogen) atoms. The summed E-state index contributed by atoms with van der Waals surface area (Å²) in [6.45, 7) is 4.83. The molecule has 1 aromatic carbocycles. The number of aliphatic hydroxyl groups is 1. The zero-order valence-corrected chi connectivity index (χ0v) is 15.8. The predicted molar refractivity (Wildman–Crippen MR) is 100 cm³/mol. The molecule has 0 saturated heterocycles. The number of hydrogen-bond acceptors (Lipinski definition) is 6. The normalized spacial score (nSPS) is 13.8. The molecule has 0 radical (unpaired) electrons. The number of nitrogens with zero attached hydrogens (tertiary/aromatic N) is 2. The maximum absolute atomic E-state index is 12.8. The van der Waals surface area contributed by atoms with Crippen LogP contribution in [0.3, 0.4) is 0 Å². The molecule has 1 aliphatic heterocycles. The number of carbonyl (C=O) groups is 3. The van der Waals surface area contributed by atoms with Crippen LogP contribution in [0.5, 0.6) is 0 Å². The molecule has 8 nitrogen and oxygen atoms in total. The van der Waals surface area contributed by atoms with E-state index in [4.69, 9.17) is 9.84 Å². The van der Waals surface area contributed by atoms with E-state index in [9.17, 15) is 14.4 Å². The molecule has 0 atom stereocenters. The number of methoxy groups -OCH3 is 1. The van der Waals surface area contributed by atoms with E-state index in [1.165, 1.54) is 12.0 Å². The molecule has 0 bridgehead atoms. The van der Waals surface area contributed by atoms with E-state index in [1.54, 1.807) is 29.2 Å². The lowest BCUT2D eigenvalue weighted by molar-refractivity contribution is -0.136. The Morgan fingerprint density at radius 2 is 1.93 bits per heavy atom. The summed E-state index contributed by atoms with van der Waals surface area (Å²) in [5, 5.41) is 12.1. The quantitative estimate of drug-likeness (QED) is 0.654. The minimum Gasteiger partial charge on any atom is -0.466 e. The molecule has 0 saturated carbocycles. The number of β-amino-alcohol motifs (C(OH)–C–C–N with tert-alkyl or cyclic N) is 1. The van der Waals surface area contributed by atoms with Crippen LogP contribution in [0.4, 0.5) is 5.69 Å². The van der Waals surface area contributed by atoms with Crippen LogP contribution in [0.2, 0.25) is 0 Å². The molecule has 1 heterocycles. The predicted octanol–water partition coefficient (Wildman–Crippen LogP) is 0.842. The third kappa shape index (κ3) is 4.28. The third-order valence-electron chi connectivity index (χ3n) is 4.42. The topological polar surface area (TPSA) is 99.2 Å². The maximum atomic E-state index is 12.8. The number of nitrogens with one attached hydrogen (secondary N) is 1. The number of anilines is 1. The van der Waals surface area contributed by atoms with Crippen molar-refractivity contribution in [2.24, 2.45) is 0 Å². The Bertz CT molecular complexity index is 755. The second-order valence-corrected chi connectivity index (χ2v) is 5.94. The highest BCUT2D eigenvalue weighted by molar-refractivity contribution is 6.09. The first-order chi connectivity index (χ1) is 13.0. The summed E-state index contributed by atoms with van der Waals surface area (Å²) in [5.41, 5.74) is 1.08. The smallest absolute Gasteiger partial charge is 0.337 e. The van der Waals surface area contributed by atoms with Crippen LogP contribution < -0.4 is 5.32 Å². The Balaban J connectivity index is 2.40. The van der Waals surface area contributed by atoms with Gasteiger partial charge >= 0.3 is 5.97 Å². The van der Waals surface area contributed by atoms with Crippen molar-refractivity contribution in [1.82, 2.24) is 9.80 Å². The zero-order chi connectivity index (χ0) is 20.0. The monoisotopic (exact) mass is 375 g/mol. The Morgan fingerprint density at radius 1 is 1.26 bits per heavy atom. The largest absolute Gasteiger partial charge is 0.466 e. The van der Waals surface area contributed by atoms with Gasteiger partial charge in [0.05, 0.1) is 37.1 Å². The zero-order valence-electron chi connectivity index (χ0n) is 15.8. The molecule has 146 valence electrons. The van der Waals surface area contributed by atoms with Gasteiger partial charge in [-0.2, -0.15) is 0 Å². The first-order valence-corrected chi connectivity index (χ1v) is 8.85. The van der Waals surface area contributed by atoms with Gasteiger partial charge in [0, 0.05) is 19.6 Å². The molecule has 0 unspecified atom stereocenters. The summed E-state index contributed by atoms with van der Waals surface area (Å²) < 4.78 is 4.77. The Kier molecular flexibility index (Phi) is 6.95. The van der Waals surface area contributed by atoms with Gasteiger partial charge < -0.3 is 25.0 Å². The van der Waals surface area contributed by atoms with Crippen LogP contribution in [-0.2, 0) is 14.3 Å². The molecule has 0 aromatic heterocycles. The minimum absolute atomic E-state index is 0.0422. The Labute approximate surface area is 158 Å². The van der Waals surface area contributed by atoms with E-state index in [-0.39, 0.29) is 36.9 Å². The molecule has 2 N–H and O–H groups in total. The van der Waals surface area contributed by atoms with E-state index in [0.717, 1.165) is 0 Å². The molecule has 0 spiro atoms. The molecule has 1 aromatic rings. The number of rotatable bonds is 8. The van der Waals surface area contributed by atoms with Crippen molar-refractivity contribution >= 4 is 23.5 Å².